The van der Waals surface area contributed by atoms with Crippen molar-refractivity contribution in [2.75, 3.05) is 18.5 Å². The second-order valence-electron chi connectivity index (χ2n) is 9.54. The zero-order chi connectivity index (χ0) is 25.0. The van der Waals surface area contributed by atoms with E-state index in [4.69, 9.17) is 0 Å². The first-order chi connectivity index (χ1) is 17.3. The standard InChI is InChI=1S/C24H22BrFN8O2/c1-24(22(36)33-11-18(35)29-12-33)5-4-14(9-24)30-23-28-10-16-20(25)32-34(21(16)31-23)15-7-13-3-2-6-27-19(13)17(26)8-15/h2-3,6-8,10,14H,4-5,9,11-12H2,1H3,(H,29,35)(H,28,30,31)/t14-,24+/m1/s1. The lowest BCUT2D eigenvalue weighted by Gasteiger charge is -2.27. The van der Waals surface area contributed by atoms with Crippen molar-refractivity contribution in [3.05, 3.63) is 47.1 Å². The summed E-state index contributed by atoms with van der Waals surface area (Å²) < 4.78 is 16.9. The van der Waals surface area contributed by atoms with Gasteiger partial charge in [-0.3, -0.25) is 14.6 Å². The average molecular weight is 553 g/mol. The van der Waals surface area contributed by atoms with E-state index in [2.05, 4.69) is 46.6 Å². The third kappa shape index (κ3) is 3.85. The van der Waals surface area contributed by atoms with E-state index in [1.165, 1.54) is 6.07 Å². The van der Waals surface area contributed by atoms with Gasteiger partial charge in [0.15, 0.2) is 11.5 Å². The van der Waals surface area contributed by atoms with Gasteiger partial charge in [-0.15, -0.1) is 0 Å². The molecule has 1 aromatic carbocycles. The van der Waals surface area contributed by atoms with Crippen molar-refractivity contribution in [3.63, 3.8) is 0 Å². The Morgan fingerprint density at radius 1 is 1.33 bits per heavy atom. The van der Waals surface area contributed by atoms with Crippen LogP contribution in [0.2, 0.25) is 0 Å². The van der Waals surface area contributed by atoms with Crippen molar-refractivity contribution in [2.45, 2.75) is 32.2 Å². The highest BCUT2D eigenvalue weighted by Crippen LogP contribution is 2.40. The highest BCUT2D eigenvalue weighted by atomic mass is 79.9. The Morgan fingerprint density at radius 3 is 3.00 bits per heavy atom. The van der Waals surface area contributed by atoms with Crippen LogP contribution in [0.3, 0.4) is 0 Å². The zero-order valence-electron chi connectivity index (χ0n) is 19.3. The average Bonchev–Trinajstić information content (AvgIpc) is 3.56. The Labute approximate surface area is 213 Å². The first kappa shape index (κ1) is 22.8. The molecule has 0 spiro atoms. The number of nitrogens with one attached hydrogen (secondary N) is 2. The molecule has 1 saturated carbocycles. The van der Waals surface area contributed by atoms with E-state index >= 15 is 0 Å². The fraction of sp³-hybridized carbons (Fsp3) is 0.333. The zero-order valence-corrected chi connectivity index (χ0v) is 20.9. The molecule has 10 nitrogen and oxygen atoms in total. The summed E-state index contributed by atoms with van der Waals surface area (Å²) in [5.41, 5.74) is 0.763. The molecule has 6 rings (SSSR count). The van der Waals surface area contributed by atoms with Crippen molar-refractivity contribution in [1.29, 1.82) is 0 Å². The number of nitrogens with zero attached hydrogens (tertiary/aromatic N) is 6. The van der Waals surface area contributed by atoms with Crippen LogP contribution in [-0.2, 0) is 9.59 Å². The molecule has 4 heterocycles. The molecule has 2 atom stereocenters. The van der Waals surface area contributed by atoms with E-state index in [1.54, 1.807) is 34.1 Å². The molecular weight excluding hydrogens is 531 g/mol. The topological polar surface area (TPSA) is 118 Å². The summed E-state index contributed by atoms with van der Waals surface area (Å²) in [6, 6.07) is 6.74. The lowest BCUT2D eigenvalue weighted by Crippen LogP contribution is -2.41. The summed E-state index contributed by atoms with van der Waals surface area (Å²) >= 11 is 3.45. The summed E-state index contributed by atoms with van der Waals surface area (Å²) in [5, 5.41) is 11.9. The molecule has 12 heteroatoms. The van der Waals surface area contributed by atoms with Crippen LogP contribution in [0.25, 0.3) is 27.6 Å². The Balaban J connectivity index is 1.27. The molecule has 0 unspecified atom stereocenters. The molecule has 1 aliphatic heterocycles. The second-order valence-corrected chi connectivity index (χ2v) is 10.3. The van der Waals surface area contributed by atoms with E-state index in [9.17, 15) is 14.0 Å². The van der Waals surface area contributed by atoms with E-state index in [1.807, 2.05) is 13.0 Å². The number of rotatable bonds is 4. The monoisotopic (exact) mass is 552 g/mol. The van der Waals surface area contributed by atoms with Crippen molar-refractivity contribution < 1.29 is 14.0 Å². The number of carbonyl (C=O) groups is 2. The number of pyridine rings is 1. The molecule has 184 valence electrons. The molecule has 2 amide bonds. The lowest BCUT2D eigenvalue weighted by molar-refractivity contribution is -0.140. The number of fused-ring (bicyclic) bond motifs is 2. The molecule has 0 bridgehead atoms. The maximum absolute atomic E-state index is 14.7. The van der Waals surface area contributed by atoms with Crippen LogP contribution in [0.15, 0.2) is 41.3 Å². The molecule has 2 N–H and O–H groups in total. The number of amides is 2. The van der Waals surface area contributed by atoms with E-state index in [0.29, 0.717) is 51.0 Å². The molecule has 4 aromatic rings. The van der Waals surface area contributed by atoms with Crippen LogP contribution in [0.4, 0.5) is 10.3 Å². The number of hydrogen-bond acceptors (Lipinski definition) is 7. The maximum atomic E-state index is 14.7. The predicted molar refractivity (Wildman–Crippen MR) is 134 cm³/mol. The van der Waals surface area contributed by atoms with Gasteiger partial charge >= 0.3 is 0 Å². The van der Waals surface area contributed by atoms with Crippen molar-refractivity contribution in [1.82, 2.24) is 34.9 Å². The van der Waals surface area contributed by atoms with Gasteiger partial charge < -0.3 is 15.5 Å². The highest BCUT2D eigenvalue weighted by Gasteiger charge is 2.44. The van der Waals surface area contributed by atoms with Crippen LogP contribution in [-0.4, -0.2) is 60.7 Å². The largest absolute Gasteiger partial charge is 0.351 e. The van der Waals surface area contributed by atoms with Crippen LogP contribution < -0.4 is 10.6 Å². The van der Waals surface area contributed by atoms with Crippen molar-refractivity contribution in [2.24, 2.45) is 5.41 Å². The summed E-state index contributed by atoms with van der Waals surface area (Å²) in [7, 11) is 0. The summed E-state index contributed by atoms with van der Waals surface area (Å²) in [6.07, 6.45) is 5.29. The molecule has 0 radical (unpaired) electrons. The Kier molecular flexibility index (Phi) is 5.36. The number of halogens is 2. The highest BCUT2D eigenvalue weighted by molar-refractivity contribution is 9.10. The molecule has 3 aromatic heterocycles. The van der Waals surface area contributed by atoms with Gasteiger partial charge in [0.1, 0.15) is 16.7 Å². The summed E-state index contributed by atoms with van der Waals surface area (Å²) in [6.45, 7) is 2.31. The van der Waals surface area contributed by atoms with Crippen LogP contribution in [0, 0.1) is 11.2 Å². The van der Waals surface area contributed by atoms with Crippen molar-refractivity contribution in [3.8, 4) is 5.69 Å². The van der Waals surface area contributed by atoms with E-state index in [-0.39, 0.29) is 31.1 Å². The lowest BCUT2D eigenvalue weighted by atomic mass is 9.87. The van der Waals surface area contributed by atoms with Gasteiger partial charge in [-0.25, -0.2) is 14.1 Å². The summed E-state index contributed by atoms with van der Waals surface area (Å²) in [4.78, 5) is 39.4. The first-order valence-electron chi connectivity index (χ1n) is 11.6. The molecule has 36 heavy (non-hydrogen) atoms. The van der Waals surface area contributed by atoms with Gasteiger partial charge in [0, 0.05) is 35.3 Å². The SMILES string of the molecule is C[C@]1(C(=O)N2CNC(=O)C2)CC[C@@H](Nc2ncc3c(Br)nn(-c4cc(F)c5ncccc5c4)c3n2)C1. The molecule has 2 aliphatic rings. The van der Waals surface area contributed by atoms with Gasteiger partial charge in [-0.05, 0) is 47.3 Å². The quantitative estimate of drug-likeness (QED) is 0.399. The molecular formula is C24H22BrFN8O2. The Morgan fingerprint density at radius 2 is 2.19 bits per heavy atom. The predicted octanol–water partition coefficient (Wildman–Crippen LogP) is 3.15. The van der Waals surface area contributed by atoms with E-state index < -0.39 is 11.2 Å². The van der Waals surface area contributed by atoms with Gasteiger partial charge in [-0.1, -0.05) is 13.0 Å². The van der Waals surface area contributed by atoms with Gasteiger partial charge in [-0.2, -0.15) is 10.1 Å². The van der Waals surface area contributed by atoms with Crippen LogP contribution in [0.5, 0.6) is 0 Å². The van der Waals surface area contributed by atoms with Crippen LogP contribution in [0.1, 0.15) is 26.2 Å². The fourth-order valence-electron chi connectivity index (χ4n) is 5.11. The second kappa shape index (κ2) is 8.47. The number of benzene rings is 1. The van der Waals surface area contributed by atoms with E-state index in [0.717, 1.165) is 6.42 Å². The number of aromatic nitrogens is 5. The molecule has 1 aliphatic carbocycles. The number of anilines is 1. The van der Waals surface area contributed by atoms with Gasteiger partial charge in [0.25, 0.3) is 0 Å². The normalized spacial score (nSPS) is 21.9. The first-order valence-corrected chi connectivity index (χ1v) is 12.4. The minimum Gasteiger partial charge on any atom is -0.351 e. The minimum absolute atomic E-state index is 0.00772. The third-order valence-corrected chi connectivity index (χ3v) is 7.53. The smallest absolute Gasteiger partial charge is 0.241 e. The third-order valence-electron chi connectivity index (χ3n) is 6.95. The maximum Gasteiger partial charge on any atom is 0.241 e. The van der Waals surface area contributed by atoms with Gasteiger partial charge in [0.2, 0.25) is 17.8 Å². The number of carbonyl (C=O) groups excluding carboxylic acids is 2. The van der Waals surface area contributed by atoms with Gasteiger partial charge in [0.05, 0.1) is 17.7 Å². The fourth-order valence-corrected chi connectivity index (χ4v) is 5.55. The Hall–Kier alpha value is -3.67. The number of hydrogen-bond donors (Lipinski definition) is 2. The Bertz CT molecular complexity index is 1540. The molecule has 2 fully saturated rings. The molecule has 1 saturated heterocycles. The van der Waals surface area contributed by atoms with Crippen LogP contribution >= 0.6 is 15.9 Å². The minimum atomic E-state index is -0.560. The summed E-state index contributed by atoms with van der Waals surface area (Å²) in [5.74, 6) is -0.193. The van der Waals surface area contributed by atoms with Crippen molar-refractivity contribution >= 4 is 55.6 Å².